The predicted molar refractivity (Wildman–Crippen MR) is 143 cm³/mol. The normalized spacial score (nSPS) is 23.6. The van der Waals surface area contributed by atoms with Gasteiger partial charge in [-0.05, 0) is 52.4 Å². The molecule has 0 unspecified atom stereocenters. The van der Waals surface area contributed by atoms with Gasteiger partial charge >= 0.3 is 5.97 Å². The Morgan fingerprint density at radius 2 is 1.78 bits per heavy atom. The van der Waals surface area contributed by atoms with Gasteiger partial charge in [0.05, 0.1) is 30.0 Å². The Hall–Kier alpha value is -1.75. The number of unbranched alkanes of at least 4 members (excludes halogenated alkanes) is 3. The van der Waals surface area contributed by atoms with Crippen molar-refractivity contribution in [1.82, 2.24) is 4.31 Å². The van der Waals surface area contributed by atoms with E-state index in [4.69, 9.17) is 4.74 Å². The third-order valence-corrected chi connectivity index (χ3v) is 7.62. The first kappa shape index (κ1) is 33.3. The van der Waals surface area contributed by atoms with Crippen molar-refractivity contribution in [3.05, 3.63) is 24.3 Å². The molecule has 0 aromatic rings. The van der Waals surface area contributed by atoms with Crippen LogP contribution >= 0.6 is 0 Å². The lowest BCUT2D eigenvalue weighted by molar-refractivity contribution is -0.157. The minimum atomic E-state index is -3.89. The standard InChI is InChI=1S/C27H47NO8S/c1-6-7-10-13-20(29)16-17-22-21(23(30)18-24(22)31)14-11-8-9-12-15-25(32)28(37(5,34)35)19-36-26(33)27(2,3)4/h8,11,16-17,20-24,29-31H,6-7,9-10,12-15,18-19H2,1-5H3/t20-,21+,22+,23-,24+/m0/s1. The van der Waals surface area contributed by atoms with Crippen molar-refractivity contribution >= 4 is 21.9 Å². The van der Waals surface area contributed by atoms with E-state index < -0.39 is 52.4 Å². The highest BCUT2D eigenvalue weighted by molar-refractivity contribution is 7.88. The van der Waals surface area contributed by atoms with Gasteiger partial charge in [0.1, 0.15) is 0 Å². The van der Waals surface area contributed by atoms with Gasteiger partial charge in [0.25, 0.3) is 0 Å². The van der Waals surface area contributed by atoms with E-state index in [1.54, 1.807) is 26.8 Å². The van der Waals surface area contributed by atoms with Gasteiger partial charge in [-0.3, -0.25) is 9.59 Å². The highest BCUT2D eigenvalue weighted by Crippen LogP contribution is 2.36. The second-order valence-corrected chi connectivity index (χ2v) is 12.9. The molecular formula is C27H47NO8S. The summed E-state index contributed by atoms with van der Waals surface area (Å²) in [6.45, 7) is 6.36. The Balaban J connectivity index is 2.56. The van der Waals surface area contributed by atoms with Crippen LogP contribution in [-0.2, 0) is 24.3 Å². The number of carbonyl (C=O) groups excluding carboxylic acids is 2. The molecule has 0 aliphatic heterocycles. The lowest BCUT2D eigenvalue weighted by Crippen LogP contribution is -2.39. The Labute approximate surface area is 222 Å². The van der Waals surface area contributed by atoms with Crippen molar-refractivity contribution in [2.75, 3.05) is 13.0 Å². The summed E-state index contributed by atoms with van der Waals surface area (Å²) in [7, 11) is -3.89. The zero-order valence-electron chi connectivity index (χ0n) is 23.0. The number of nitrogens with zero attached hydrogens (tertiary/aromatic N) is 1. The quantitative estimate of drug-likeness (QED) is 0.123. The summed E-state index contributed by atoms with van der Waals surface area (Å²) in [5, 5.41) is 30.9. The van der Waals surface area contributed by atoms with Gasteiger partial charge in [-0.1, -0.05) is 50.5 Å². The first-order valence-electron chi connectivity index (χ1n) is 13.2. The van der Waals surface area contributed by atoms with E-state index in [0.29, 0.717) is 30.0 Å². The molecule has 3 N–H and O–H groups in total. The fourth-order valence-corrected chi connectivity index (χ4v) is 4.92. The predicted octanol–water partition coefficient (Wildman–Crippen LogP) is 3.29. The molecule has 37 heavy (non-hydrogen) atoms. The number of aliphatic hydroxyl groups is 3. The molecule has 1 aliphatic carbocycles. The molecule has 1 rings (SSSR count). The molecular weight excluding hydrogens is 498 g/mol. The van der Waals surface area contributed by atoms with E-state index in [2.05, 4.69) is 6.92 Å². The number of hydrogen-bond acceptors (Lipinski definition) is 8. The summed E-state index contributed by atoms with van der Waals surface area (Å²) in [4.78, 5) is 24.4. The molecule has 10 heteroatoms. The van der Waals surface area contributed by atoms with Crippen LogP contribution in [0.15, 0.2) is 24.3 Å². The molecule has 0 radical (unpaired) electrons. The molecule has 0 heterocycles. The monoisotopic (exact) mass is 545 g/mol. The number of rotatable bonds is 15. The summed E-state index contributed by atoms with van der Waals surface area (Å²) in [6, 6.07) is 0. The van der Waals surface area contributed by atoms with Crippen molar-refractivity contribution in [2.24, 2.45) is 17.3 Å². The van der Waals surface area contributed by atoms with Gasteiger partial charge in [0, 0.05) is 18.8 Å². The lowest BCUT2D eigenvalue weighted by Gasteiger charge is -2.23. The Bertz CT molecular complexity index is 877. The van der Waals surface area contributed by atoms with Crippen LogP contribution in [0.1, 0.15) is 85.5 Å². The Morgan fingerprint density at radius 1 is 1.11 bits per heavy atom. The average Bonchev–Trinajstić information content (AvgIpc) is 3.05. The minimum Gasteiger partial charge on any atom is -0.443 e. The third-order valence-electron chi connectivity index (χ3n) is 6.51. The van der Waals surface area contributed by atoms with E-state index in [1.807, 2.05) is 18.2 Å². The smallest absolute Gasteiger partial charge is 0.312 e. The molecule has 0 bridgehead atoms. The largest absolute Gasteiger partial charge is 0.443 e. The fourth-order valence-electron chi connectivity index (χ4n) is 4.22. The van der Waals surface area contributed by atoms with Crippen molar-refractivity contribution < 1.29 is 38.1 Å². The van der Waals surface area contributed by atoms with Crippen LogP contribution in [-0.4, -0.2) is 71.2 Å². The van der Waals surface area contributed by atoms with Gasteiger partial charge in [-0.25, -0.2) is 12.7 Å². The van der Waals surface area contributed by atoms with Crippen molar-refractivity contribution in [1.29, 1.82) is 0 Å². The fraction of sp³-hybridized carbons (Fsp3) is 0.778. The van der Waals surface area contributed by atoms with E-state index in [0.717, 1.165) is 25.5 Å². The number of carbonyl (C=O) groups is 2. The number of amides is 1. The van der Waals surface area contributed by atoms with Crippen molar-refractivity contribution in [3.8, 4) is 0 Å². The van der Waals surface area contributed by atoms with Crippen LogP contribution in [0.2, 0.25) is 0 Å². The SMILES string of the molecule is CCCCC[C@H](O)C=C[C@@H]1[C@@H](CC=CCCCC(=O)N(COC(=O)C(C)(C)C)S(C)(=O)=O)[C@@H](O)C[C@H]1O. The minimum absolute atomic E-state index is 0.0312. The van der Waals surface area contributed by atoms with Crippen LogP contribution in [0, 0.1) is 17.3 Å². The zero-order valence-corrected chi connectivity index (χ0v) is 23.8. The maximum absolute atomic E-state index is 12.5. The molecule has 0 saturated heterocycles. The van der Waals surface area contributed by atoms with Gasteiger partial charge in [0.2, 0.25) is 15.9 Å². The van der Waals surface area contributed by atoms with Crippen LogP contribution in [0.4, 0.5) is 0 Å². The molecule has 1 saturated carbocycles. The molecule has 0 spiro atoms. The maximum atomic E-state index is 12.5. The maximum Gasteiger partial charge on any atom is 0.312 e. The van der Waals surface area contributed by atoms with E-state index >= 15 is 0 Å². The number of ether oxygens (including phenoxy) is 1. The van der Waals surface area contributed by atoms with Gasteiger partial charge in [-0.2, -0.15) is 0 Å². The van der Waals surface area contributed by atoms with Crippen LogP contribution < -0.4 is 0 Å². The second kappa shape index (κ2) is 15.6. The van der Waals surface area contributed by atoms with Gasteiger partial charge < -0.3 is 20.1 Å². The molecule has 5 atom stereocenters. The second-order valence-electron chi connectivity index (χ2n) is 11.0. The van der Waals surface area contributed by atoms with Crippen molar-refractivity contribution in [3.63, 3.8) is 0 Å². The summed E-state index contributed by atoms with van der Waals surface area (Å²) in [6.07, 6.45) is 11.8. The molecule has 1 amide bonds. The molecule has 214 valence electrons. The molecule has 1 fully saturated rings. The van der Waals surface area contributed by atoms with E-state index in [9.17, 15) is 33.3 Å². The Morgan fingerprint density at radius 3 is 2.38 bits per heavy atom. The van der Waals surface area contributed by atoms with E-state index in [1.165, 1.54) is 0 Å². The zero-order chi connectivity index (χ0) is 28.2. The topological polar surface area (TPSA) is 141 Å². The van der Waals surface area contributed by atoms with Crippen molar-refractivity contribution in [2.45, 2.75) is 104 Å². The van der Waals surface area contributed by atoms with Gasteiger partial charge in [0.15, 0.2) is 6.73 Å². The highest BCUT2D eigenvalue weighted by atomic mass is 32.2. The first-order valence-corrected chi connectivity index (χ1v) is 15.1. The summed E-state index contributed by atoms with van der Waals surface area (Å²) in [5.74, 6) is -1.67. The number of allylic oxidation sites excluding steroid dienone is 2. The van der Waals surface area contributed by atoms with Gasteiger partial charge in [-0.15, -0.1) is 0 Å². The highest BCUT2D eigenvalue weighted by Gasteiger charge is 2.39. The summed E-state index contributed by atoms with van der Waals surface area (Å²) in [5.41, 5.74) is -0.816. The molecule has 1 aliphatic rings. The first-order chi connectivity index (χ1) is 17.2. The molecule has 9 nitrogen and oxygen atoms in total. The van der Waals surface area contributed by atoms with Crippen LogP contribution in [0.25, 0.3) is 0 Å². The van der Waals surface area contributed by atoms with Crippen LogP contribution in [0.5, 0.6) is 0 Å². The summed E-state index contributed by atoms with van der Waals surface area (Å²) >= 11 is 0. The number of esters is 1. The average molecular weight is 546 g/mol. The number of hydrogen-bond donors (Lipinski definition) is 3. The third kappa shape index (κ3) is 12.1. The van der Waals surface area contributed by atoms with Crippen LogP contribution in [0.3, 0.4) is 0 Å². The molecule has 0 aromatic heterocycles. The molecule has 0 aromatic carbocycles. The Kier molecular flexibility index (Phi) is 14.0. The number of aliphatic hydroxyl groups excluding tert-OH is 3. The number of sulfonamides is 1. The lowest BCUT2D eigenvalue weighted by atomic mass is 9.89. The summed E-state index contributed by atoms with van der Waals surface area (Å²) < 4.78 is 29.6. The van der Waals surface area contributed by atoms with E-state index in [-0.39, 0.29) is 24.7 Å².